The molecule has 1 aromatic carbocycles. The van der Waals surface area contributed by atoms with Crippen LogP contribution in [-0.2, 0) is 9.53 Å². The second-order valence-electron chi connectivity index (χ2n) is 3.16. The molecule has 17 heavy (non-hydrogen) atoms. The molecule has 5 heteroatoms. The lowest BCUT2D eigenvalue weighted by atomic mass is 10.3. The quantitative estimate of drug-likeness (QED) is 0.671. The van der Waals surface area contributed by atoms with E-state index in [1.54, 1.807) is 25.1 Å². The number of ether oxygens (including phenoxy) is 1. The van der Waals surface area contributed by atoms with Crippen molar-refractivity contribution in [3.05, 3.63) is 40.6 Å². The number of halogens is 2. The van der Waals surface area contributed by atoms with E-state index in [0.29, 0.717) is 23.3 Å². The summed E-state index contributed by atoms with van der Waals surface area (Å²) in [6.45, 7) is 2.53. The minimum absolute atomic E-state index is 0.329. The van der Waals surface area contributed by atoms with E-state index in [1.165, 1.54) is 12.1 Å². The summed E-state index contributed by atoms with van der Waals surface area (Å²) >= 11 is 3.07. The number of anilines is 1. The summed E-state index contributed by atoms with van der Waals surface area (Å²) in [7, 11) is 0. The Hall–Kier alpha value is -1.36. The van der Waals surface area contributed by atoms with Crippen LogP contribution in [0.2, 0.25) is 0 Å². The molecule has 0 radical (unpaired) electrons. The van der Waals surface area contributed by atoms with E-state index >= 15 is 0 Å². The van der Waals surface area contributed by atoms with Gasteiger partial charge in [-0.05, 0) is 41.1 Å². The predicted octanol–water partition coefficient (Wildman–Crippen LogP) is 3.12. The van der Waals surface area contributed by atoms with Gasteiger partial charge in [-0.3, -0.25) is 0 Å². The van der Waals surface area contributed by atoms with Gasteiger partial charge < -0.3 is 10.1 Å². The van der Waals surface area contributed by atoms with Crippen LogP contribution >= 0.6 is 15.9 Å². The molecule has 0 saturated heterocycles. The molecule has 0 aliphatic rings. The first kappa shape index (κ1) is 13.7. The van der Waals surface area contributed by atoms with Gasteiger partial charge in [0.25, 0.3) is 0 Å². The van der Waals surface area contributed by atoms with Gasteiger partial charge in [0.05, 0.1) is 11.1 Å². The standard InChI is InChI=1S/C12H13BrFNO2/c1-2-17-12(16)4-3-7-15-9-5-6-10(13)11(14)8-9/h3-6,8,15H,2,7H2,1H3/b4-3+. The van der Waals surface area contributed by atoms with Crippen LogP contribution in [-0.4, -0.2) is 19.1 Å². The molecule has 0 heterocycles. The van der Waals surface area contributed by atoms with Crippen LogP contribution in [0.5, 0.6) is 0 Å². The number of carbonyl (C=O) groups excluding carboxylic acids is 1. The Labute approximate surface area is 108 Å². The van der Waals surface area contributed by atoms with Gasteiger partial charge in [-0.2, -0.15) is 0 Å². The Morgan fingerprint density at radius 3 is 3.00 bits per heavy atom. The highest BCUT2D eigenvalue weighted by Crippen LogP contribution is 2.18. The SMILES string of the molecule is CCOC(=O)/C=C/CNc1ccc(Br)c(F)c1. The van der Waals surface area contributed by atoms with Crippen LogP contribution < -0.4 is 5.32 Å². The second kappa shape index (κ2) is 7.06. The number of hydrogen-bond donors (Lipinski definition) is 1. The van der Waals surface area contributed by atoms with Crippen LogP contribution in [0.3, 0.4) is 0 Å². The van der Waals surface area contributed by atoms with Crippen molar-refractivity contribution in [3.63, 3.8) is 0 Å². The molecule has 0 aromatic heterocycles. The monoisotopic (exact) mass is 301 g/mol. The number of benzene rings is 1. The number of hydrogen-bond acceptors (Lipinski definition) is 3. The molecule has 1 N–H and O–H groups in total. The highest BCUT2D eigenvalue weighted by atomic mass is 79.9. The van der Waals surface area contributed by atoms with Crippen molar-refractivity contribution in [1.82, 2.24) is 0 Å². The predicted molar refractivity (Wildman–Crippen MR) is 68.4 cm³/mol. The molecule has 0 aliphatic heterocycles. The van der Waals surface area contributed by atoms with Crippen LogP contribution in [0.1, 0.15) is 6.92 Å². The molecule has 0 saturated carbocycles. The molecular formula is C12H13BrFNO2. The van der Waals surface area contributed by atoms with Crippen molar-refractivity contribution in [2.45, 2.75) is 6.92 Å². The second-order valence-corrected chi connectivity index (χ2v) is 4.02. The van der Waals surface area contributed by atoms with Crippen LogP contribution in [0.25, 0.3) is 0 Å². The summed E-state index contributed by atoms with van der Waals surface area (Å²) in [5.41, 5.74) is 0.652. The molecular weight excluding hydrogens is 289 g/mol. The summed E-state index contributed by atoms with van der Waals surface area (Å²) in [5, 5.41) is 2.95. The highest BCUT2D eigenvalue weighted by Gasteiger charge is 1.99. The third kappa shape index (κ3) is 4.99. The largest absolute Gasteiger partial charge is 0.463 e. The Balaban J connectivity index is 2.40. The summed E-state index contributed by atoms with van der Waals surface area (Å²) in [6, 6.07) is 4.74. The molecule has 1 rings (SSSR count). The fourth-order valence-electron chi connectivity index (χ4n) is 1.13. The Bertz CT molecular complexity index is 421. The molecule has 0 unspecified atom stereocenters. The maximum atomic E-state index is 13.1. The maximum absolute atomic E-state index is 13.1. The molecule has 0 bridgehead atoms. The Morgan fingerprint density at radius 2 is 2.35 bits per heavy atom. The van der Waals surface area contributed by atoms with E-state index in [2.05, 4.69) is 21.2 Å². The van der Waals surface area contributed by atoms with Gasteiger partial charge in [0.2, 0.25) is 0 Å². The van der Waals surface area contributed by atoms with Crippen molar-refractivity contribution >= 4 is 27.6 Å². The van der Waals surface area contributed by atoms with E-state index in [4.69, 9.17) is 4.74 Å². The number of carbonyl (C=O) groups is 1. The highest BCUT2D eigenvalue weighted by molar-refractivity contribution is 9.10. The smallest absolute Gasteiger partial charge is 0.330 e. The molecule has 1 aromatic rings. The normalized spacial score (nSPS) is 10.5. The van der Waals surface area contributed by atoms with Crippen molar-refractivity contribution in [1.29, 1.82) is 0 Å². The van der Waals surface area contributed by atoms with Crippen molar-refractivity contribution in [3.8, 4) is 0 Å². The minimum Gasteiger partial charge on any atom is -0.463 e. The first-order valence-electron chi connectivity index (χ1n) is 5.15. The van der Waals surface area contributed by atoms with E-state index in [1.807, 2.05) is 0 Å². The zero-order valence-corrected chi connectivity index (χ0v) is 11.0. The van der Waals surface area contributed by atoms with Gasteiger partial charge in [-0.25, -0.2) is 9.18 Å². The molecule has 0 spiro atoms. The van der Waals surface area contributed by atoms with Crippen LogP contribution in [0.15, 0.2) is 34.8 Å². The fourth-order valence-corrected chi connectivity index (χ4v) is 1.38. The maximum Gasteiger partial charge on any atom is 0.330 e. The van der Waals surface area contributed by atoms with Gasteiger partial charge in [0.15, 0.2) is 0 Å². The van der Waals surface area contributed by atoms with E-state index in [9.17, 15) is 9.18 Å². The third-order valence-corrected chi connectivity index (χ3v) is 2.53. The summed E-state index contributed by atoms with van der Waals surface area (Å²) in [6.07, 6.45) is 2.96. The summed E-state index contributed by atoms with van der Waals surface area (Å²) in [4.78, 5) is 11.0. The number of rotatable bonds is 5. The lowest BCUT2D eigenvalue weighted by Gasteiger charge is -2.03. The van der Waals surface area contributed by atoms with Gasteiger partial charge in [-0.1, -0.05) is 6.08 Å². The Kier molecular flexibility index (Phi) is 5.69. The fraction of sp³-hybridized carbons (Fsp3) is 0.250. The average molecular weight is 302 g/mol. The third-order valence-electron chi connectivity index (χ3n) is 1.88. The average Bonchev–Trinajstić information content (AvgIpc) is 2.29. The van der Waals surface area contributed by atoms with Crippen LogP contribution in [0, 0.1) is 5.82 Å². The lowest BCUT2D eigenvalue weighted by Crippen LogP contribution is -2.02. The molecule has 0 aliphatic carbocycles. The number of esters is 1. The Morgan fingerprint density at radius 1 is 1.59 bits per heavy atom. The van der Waals surface area contributed by atoms with Crippen molar-refractivity contribution < 1.29 is 13.9 Å². The first-order valence-corrected chi connectivity index (χ1v) is 5.95. The summed E-state index contributed by atoms with van der Waals surface area (Å²) < 4.78 is 18.3. The molecule has 3 nitrogen and oxygen atoms in total. The van der Waals surface area contributed by atoms with Crippen molar-refractivity contribution in [2.75, 3.05) is 18.5 Å². The van der Waals surface area contributed by atoms with Gasteiger partial charge in [-0.15, -0.1) is 0 Å². The topological polar surface area (TPSA) is 38.3 Å². The molecule has 0 atom stereocenters. The summed E-state index contributed by atoms with van der Waals surface area (Å²) in [5.74, 6) is -0.708. The zero-order valence-electron chi connectivity index (χ0n) is 9.37. The molecule has 0 fully saturated rings. The van der Waals surface area contributed by atoms with E-state index in [0.717, 1.165) is 0 Å². The first-order chi connectivity index (χ1) is 8.13. The van der Waals surface area contributed by atoms with Crippen molar-refractivity contribution in [2.24, 2.45) is 0 Å². The lowest BCUT2D eigenvalue weighted by molar-refractivity contribution is -0.137. The molecule has 0 amide bonds. The van der Waals surface area contributed by atoms with Crippen LogP contribution in [0.4, 0.5) is 10.1 Å². The minimum atomic E-state index is -0.378. The number of nitrogens with one attached hydrogen (secondary N) is 1. The van der Waals surface area contributed by atoms with Gasteiger partial charge >= 0.3 is 5.97 Å². The zero-order chi connectivity index (χ0) is 12.7. The van der Waals surface area contributed by atoms with E-state index in [-0.39, 0.29) is 11.8 Å². The molecule has 92 valence electrons. The van der Waals surface area contributed by atoms with Gasteiger partial charge in [0.1, 0.15) is 5.82 Å². The van der Waals surface area contributed by atoms with E-state index < -0.39 is 0 Å². The van der Waals surface area contributed by atoms with Gasteiger partial charge in [0, 0.05) is 18.3 Å².